The molecule has 0 aliphatic heterocycles. The Bertz CT molecular complexity index is 2500. The molecule has 5 rings (SSSR count). The van der Waals surface area contributed by atoms with Crippen LogP contribution < -0.4 is 21.3 Å². The highest BCUT2D eigenvalue weighted by molar-refractivity contribution is 6.18. The van der Waals surface area contributed by atoms with Gasteiger partial charge in [0, 0.05) is 11.8 Å². The highest BCUT2D eigenvalue weighted by Crippen LogP contribution is 2.08. The van der Waals surface area contributed by atoms with Crippen molar-refractivity contribution >= 4 is 82.4 Å². The number of esters is 2. The summed E-state index contributed by atoms with van der Waals surface area (Å²) in [4.78, 5) is 147. The second-order valence-corrected chi connectivity index (χ2v) is 13.3. The Kier molecular flexibility index (Phi) is 16.6. The maximum atomic E-state index is 13.0. The molecule has 326 valence electrons. The standard InChI is InChI=1S/C41H31Cl2N9O12/c42-18-6-20-63-40(61)30-16-4-14-28(47-30)38(59)51-36(57)26-12-2-10-24(45-26)34(55)49-32(53)22-8-1-9-23(44-22)33(54)50-35(56)25-11-3-13-27(46-25)37(58)52-39(60)29-15-5-17-31(48-29)41(62)64-21-7-19-43/h1-5,8-17H,6-7,18-21H2,(H,49,53,55)(H,50,54,56)(H,51,57,59)(H,52,58,60). The molecule has 23 heteroatoms. The zero-order valence-corrected chi connectivity index (χ0v) is 34.3. The average molecular weight is 913 g/mol. The number of alkyl halides is 2. The lowest BCUT2D eigenvalue weighted by molar-refractivity contribution is 0.0489. The molecule has 0 aromatic carbocycles. The zero-order chi connectivity index (χ0) is 46.2. The third kappa shape index (κ3) is 12.9. The second-order valence-electron chi connectivity index (χ2n) is 12.5. The predicted molar refractivity (Wildman–Crippen MR) is 220 cm³/mol. The number of aromatic nitrogens is 5. The summed E-state index contributed by atoms with van der Waals surface area (Å²) in [6.07, 6.45) is 0.805. The molecule has 5 aromatic heterocycles. The Labute approximate surface area is 370 Å². The lowest BCUT2D eigenvalue weighted by Crippen LogP contribution is -2.35. The molecule has 0 spiro atoms. The van der Waals surface area contributed by atoms with Crippen molar-refractivity contribution in [2.75, 3.05) is 25.0 Å². The van der Waals surface area contributed by atoms with Crippen molar-refractivity contribution in [1.82, 2.24) is 46.2 Å². The summed E-state index contributed by atoms with van der Waals surface area (Å²) >= 11 is 11.1. The Hall–Kier alpha value is -8.17. The molecule has 21 nitrogen and oxygen atoms in total. The zero-order valence-electron chi connectivity index (χ0n) is 32.8. The molecule has 0 fully saturated rings. The van der Waals surface area contributed by atoms with Gasteiger partial charge in [-0.15, -0.1) is 23.2 Å². The summed E-state index contributed by atoms with van der Waals surface area (Å²) in [6.45, 7) is 0.0704. The minimum Gasteiger partial charge on any atom is -0.461 e. The SMILES string of the molecule is O=C(NC(=O)c1cccc(C(=O)NC(=O)c2cccc(C(=O)OCCCCl)n2)n1)c1cccc(C(=O)NC(=O)c2cccc(C(=O)NC(=O)c3cccc(C(=O)OCCCCl)n3)n2)n1. The number of hydrogen-bond acceptors (Lipinski definition) is 17. The molecular weight excluding hydrogens is 881 g/mol. The van der Waals surface area contributed by atoms with Crippen LogP contribution in [0, 0.1) is 0 Å². The van der Waals surface area contributed by atoms with Crippen molar-refractivity contribution < 1.29 is 57.4 Å². The molecule has 4 N–H and O–H groups in total. The number of halogens is 2. The van der Waals surface area contributed by atoms with Gasteiger partial charge in [0.1, 0.15) is 56.9 Å². The van der Waals surface area contributed by atoms with Gasteiger partial charge in [0.15, 0.2) is 0 Å². The van der Waals surface area contributed by atoms with Gasteiger partial charge in [-0.05, 0) is 73.5 Å². The summed E-state index contributed by atoms with van der Waals surface area (Å²) in [5.74, 6) is -9.58. The minimum absolute atomic E-state index is 0.0352. The highest BCUT2D eigenvalue weighted by atomic mass is 35.5. The number of nitrogens with zero attached hydrogens (tertiary/aromatic N) is 5. The average Bonchev–Trinajstić information content (AvgIpc) is 3.31. The van der Waals surface area contributed by atoms with E-state index in [1.54, 1.807) is 0 Å². The third-order valence-electron chi connectivity index (χ3n) is 7.96. The van der Waals surface area contributed by atoms with E-state index in [0.29, 0.717) is 12.8 Å². The van der Waals surface area contributed by atoms with Crippen LogP contribution in [0.3, 0.4) is 0 Å². The lowest BCUT2D eigenvalue weighted by atomic mass is 10.2. The van der Waals surface area contributed by atoms with Gasteiger partial charge in [-0.2, -0.15) is 0 Å². The first-order valence-electron chi connectivity index (χ1n) is 18.5. The number of ether oxygens (including phenoxy) is 2. The van der Waals surface area contributed by atoms with Gasteiger partial charge in [-0.25, -0.2) is 34.5 Å². The van der Waals surface area contributed by atoms with E-state index in [9.17, 15) is 47.9 Å². The number of rotatable bonds is 16. The summed E-state index contributed by atoms with van der Waals surface area (Å²) < 4.78 is 10.0. The fourth-order valence-corrected chi connectivity index (χ4v) is 5.14. The van der Waals surface area contributed by atoms with Crippen LogP contribution in [0.4, 0.5) is 0 Å². The summed E-state index contributed by atoms with van der Waals surface area (Å²) in [5, 5.41) is 8.10. The van der Waals surface area contributed by atoms with Crippen molar-refractivity contribution in [3.8, 4) is 0 Å². The largest absolute Gasteiger partial charge is 0.461 e. The topological polar surface area (TPSA) is 302 Å². The van der Waals surface area contributed by atoms with Crippen LogP contribution >= 0.6 is 23.2 Å². The Morgan fingerprint density at radius 1 is 0.344 bits per heavy atom. The van der Waals surface area contributed by atoms with Crippen LogP contribution in [0.1, 0.15) is 118 Å². The second kappa shape index (κ2) is 22.6. The smallest absolute Gasteiger partial charge is 0.356 e. The van der Waals surface area contributed by atoms with E-state index in [2.05, 4.69) is 24.9 Å². The van der Waals surface area contributed by atoms with Crippen LogP contribution in [0.5, 0.6) is 0 Å². The number of nitrogens with one attached hydrogen (secondary N) is 4. The van der Waals surface area contributed by atoms with Crippen molar-refractivity contribution in [2.24, 2.45) is 0 Å². The molecule has 0 saturated heterocycles. The Morgan fingerprint density at radius 3 is 0.734 bits per heavy atom. The van der Waals surface area contributed by atoms with Crippen LogP contribution in [0.15, 0.2) is 91.0 Å². The van der Waals surface area contributed by atoms with Crippen LogP contribution in [0.2, 0.25) is 0 Å². The highest BCUT2D eigenvalue weighted by Gasteiger charge is 2.23. The maximum absolute atomic E-state index is 13.0. The van der Waals surface area contributed by atoms with Gasteiger partial charge in [-0.3, -0.25) is 59.6 Å². The van der Waals surface area contributed by atoms with Crippen molar-refractivity contribution in [3.05, 3.63) is 148 Å². The van der Waals surface area contributed by atoms with Gasteiger partial charge in [-0.1, -0.05) is 30.3 Å². The molecule has 0 unspecified atom stereocenters. The molecule has 0 saturated carbocycles. The number of imide groups is 4. The molecule has 0 radical (unpaired) electrons. The van der Waals surface area contributed by atoms with Crippen molar-refractivity contribution in [2.45, 2.75) is 12.8 Å². The van der Waals surface area contributed by atoms with Crippen LogP contribution in [-0.4, -0.2) is 109 Å². The summed E-state index contributed by atoms with van der Waals surface area (Å²) in [7, 11) is 0. The van der Waals surface area contributed by atoms with Gasteiger partial charge < -0.3 is 9.47 Å². The van der Waals surface area contributed by atoms with E-state index in [1.807, 2.05) is 21.3 Å². The van der Waals surface area contributed by atoms with E-state index in [0.717, 1.165) is 24.3 Å². The quantitative estimate of drug-likeness (QED) is 0.0478. The Balaban J connectivity index is 1.16. The molecule has 5 heterocycles. The van der Waals surface area contributed by atoms with E-state index in [-0.39, 0.29) is 47.7 Å². The minimum atomic E-state index is -1.11. The van der Waals surface area contributed by atoms with Gasteiger partial charge in [0.2, 0.25) is 0 Å². The number of pyridine rings is 5. The lowest BCUT2D eigenvalue weighted by Gasteiger charge is -2.08. The molecule has 0 bridgehead atoms. The molecule has 0 atom stereocenters. The Morgan fingerprint density at radius 2 is 0.531 bits per heavy atom. The van der Waals surface area contributed by atoms with E-state index >= 15 is 0 Å². The predicted octanol–water partition coefficient (Wildman–Crippen LogP) is 2.51. The molecule has 5 aromatic rings. The molecule has 0 aliphatic rings. The first-order valence-corrected chi connectivity index (χ1v) is 19.6. The van der Waals surface area contributed by atoms with Crippen LogP contribution in [-0.2, 0) is 9.47 Å². The fourth-order valence-electron chi connectivity index (χ4n) is 4.92. The number of carbonyl (C=O) groups excluding carboxylic acids is 10. The summed E-state index contributed by atoms with van der Waals surface area (Å²) in [6, 6.07) is 18.5. The van der Waals surface area contributed by atoms with Gasteiger partial charge in [0.05, 0.1) is 13.2 Å². The van der Waals surface area contributed by atoms with Gasteiger partial charge in [0.25, 0.3) is 47.3 Å². The van der Waals surface area contributed by atoms with Gasteiger partial charge >= 0.3 is 11.9 Å². The number of carbonyl (C=O) groups is 10. The number of hydrogen-bond donors (Lipinski definition) is 4. The fraction of sp³-hybridized carbons (Fsp3) is 0.146. The molecule has 64 heavy (non-hydrogen) atoms. The normalized spacial score (nSPS) is 10.4. The molecule has 0 aliphatic carbocycles. The first-order chi connectivity index (χ1) is 30.8. The molecule has 8 amide bonds. The van der Waals surface area contributed by atoms with E-state index in [1.165, 1.54) is 66.7 Å². The summed E-state index contributed by atoms with van der Waals surface area (Å²) in [5.41, 5.74) is -3.54. The maximum Gasteiger partial charge on any atom is 0.356 e. The number of amides is 8. The van der Waals surface area contributed by atoms with Crippen molar-refractivity contribution in [3.63, 3.8) is 0 Å². The van der Waals surface area contributed by atoms with Crippen molar-refractivity contribution in [1.29, 1.82) is 0 Å². The van der Waals surface area contributed by atoms with Crippen LogP contribution in [0.25, 0.3) is 0 Å². The van der Waals surface area contributed by atoms with E-state index < -0.39 is 93.4 Å². The van der Waals surface area contributed by atoms with E-state index in [4.69, 9.17) is 32.7 Å². The molecular formula is C41H31Cl2N9O12. The third-order valence-corrected chi connectivity index (χ3v) is 8.49. The monoisotopic (exact) mass is 911 g/mol. The first kappa shape index (κ1) is 46.9.